The van der Waals surface area contributed by atoms with Crippen LogP contribution in [0.15, 0.2) is 11.8 Å². The summed E-state index contributed by atoms with van der Waals surface area (Å²) in [7, 11) is 0. The Bertz CT molecular complexity index is 561. The lowest BCUT2D eigenvalue weighted by molar-refractivity contribution is -0.164. The number of aliphatic hydroxyl groups excluding tert-OH is 5. The summed E-state index contributed by atoms with van der Waals surface area (Å²) in [4.78, 5) is 33.6. The molecule has 0 spiro atoms. The van der Waals surface area contributed by atoms with Gasteiger partial charge in [-0.25, -0.2) is 9.59 Å². The second kappa shape index (κ2) is 9.45. The van der Waals surface area contributed by atoms with Crippen LogP contribution in [0.3, 0.4) is 0 Å². The van der Waals surface area contributed by atoms with Crippen molar-refractivity contribution in [3.8, 4) is 0 Å². The molecule has 0 saturated carbocycles. The number of hydrogen-bond donors (Lipinski definition) is 7. The van der Waals surface area contributed by atoms with Crippen LogP contribution in [0.4, 0.5) is 0 Å². The molecule has 0 bridgehead atoms. The Balaban J connectivity index is 2.93. The largest absolute Gasteiger partial charge is 0.478 e. The van der Waals surface area contributed by atoms with Crippen LogP contribution < -0.4 is 5.32 Å². The highest BCUT2D eigenvalue weighted by molar-refractivity contribution is 5.84. The summed E-state index contributed by atoms with van der Waals surface area (Å²) < 4.78 is 9.56. The summed E-state index contributed by atoms with van der Waals surface area (Å²) in [5.74, 6) is -4.32. The van der Waals surface area contributed by atoms with Gasteiger partial charge in [0.25, 0.3) is 0 Å². The smallest absolute Gasteiger partial charge is 0.370 e. The first-order valence-electron chi connectivity index (χ1n) is 7.49. The van der Waals surface area contributed by atoms with E-state index in [1.165, 1.54) is 0 Å². The van der Waals surface area contributed by atoms with Crippen LogP contribution in [0.25, 0.3) is 0 Å². The maximum Gasteiger partial charge on any atom is 0.370 e. The molecule has 1 amide bonds. The van der Waals surface area contributed by atoms with Crippen molar-refractivity contribution in [3.63, 3.8) is 0 Å². The molecule has 0 aromatic carbocycles. The molecule has 1 aliphatic heterocycles. The van der Waals surface area contributed by atoms with E-state index in [4.69, 9.17) is 20.1 Å². The minimum absolute atomic E-state index is 0.732. The van der Waals surface area contributed by atoms with Gasteiger partial charge in [0, 0.05) is 0 Å². The molecule has 0 aromatic rings. The maximum atomic E-state index is 11.4. The third-order valence-corrected chi connectivity index (χ3v) is 3.46. The van der Waals surface area contributed by atoms with Gasteiger partial charge in [-0.05, 0) is 13.0 Å². The van der Waals surface area contributed by atoms with Crippen molar-refractivity contribution in [2.24, 2.45) is 0 Å². The van der Waals surface area contributed by atoms with Crippen molar-refractivity contribution < 1.29 is 54.5 Å². The predicted octanol–water partition coefficient (Wildman–Crippen LogP) is -4.16. The van der Waals surface area contributed by atoms with Gasteiger partial charge >= 0.3 is 11.9 Å². The van der Waals surface area contributed by atoms with Crippen LogP contribution in [0.5, 0.6) is 0 Å². The number of ether oxygens (including phenoxy) is 2. The molecule has 12 nitrogen and oxygen atoms in total. The van der Waals surface area contributed by atoms with E-state index in [1.54, 1.807) is 0 Å². The number of aliphatic carboxylic acids is 1. The quantitative estimate of drug-likeness (QED) is 0.202. The maximum absolute atomic E-state index is 11.4. The molecule has 0 saturated heterocycles. The zero-order chi connectivity index (χ0) is 20.0. The summed E-state index contributed by atoms with van der Waals surface area (Å²) in [6, 6.07) is -1.41. The molecule has 0 fully saturated rings. The Morgan fingerprint density at radius 1 is 1.31 bits per heavy atom. The third-order valence-electron chi connectivity index (χ3n) is 3.46. The summed E-state index contributed by atoms with van der Waals surface area (Å²) in [5.41, 5.74) is 0. The molecular formula is C14H21NO11. The normalized spacial score (nSPS) is 25.9. The molecule has 0 aliphatic carbocycles. The molecule has 7 N–H and O–H groups in total. The first kappa shape index (κ1) is 21.8. The lowest BCUT2D eigenvalue weighted by Gasteiger charge is -2.38. The highest BCUT2D eigenvalue weighted by atomic mass is 16.6. The molecule has 1 aliphatic rings. The van der Waals surface area contributed by atoms with Crippen LogP contribution in [0, 0.1) is 0 Å². The average Bonchev–Trinajstić information content (AvgIpc) is 2.59. The van der Waals surface area contributed by atoms with Gasteiger partial charge in [0.2, 0.25) is 11.7 Å². The molecule has 148 valence electrons. The van der Waals surface area contributed by atoms with E-state index in [1.807, 2.05) is 0 Å². The first-order chi connectivity index (χ1) is 12.1. The van der Waals surface area contributed by atoms with Crippen molar-refractivity contribution in [2.75, 3.05) is 13.2 Å². The topological polar surface area (TPSA) is 203 Å². The summed E-state index contributed by atoms with van der Waals surface area (Å²) >= 11 is 0. The van der Waals surface area contributed by atoms with Crippen molar-refractivity contribution in [1.82, 2.24) is 5.32 Å². The van der Waals surface area contributed by atoms with Crippen LogP contribution in [0.1, 0.15) is 6.92 Å². The Labute approximate surface area is 147 Å². The lowest BCUT2D eigenvalue weighted by Crippen LogP contribution is -2.60. The SMILES string of the molecule is C[C@H](O)C(=O)OC[C@@H](O)[C@@H](O)[C@@H]1OC(C(=O)O)=C[C@H](O)[C@H]1NC(=O)CO. The number of amides is 1. The van der Waals surface area contributed by atoms with Gasteiger partial charge in [-0.3, -0.25) is 4.79 Å². The fourth-order valence-corrected chi connectivity index (χ4v) is 2.12. The first-order valence-corrected chi connectivity index (χ1v) is 7.49. The van der Waals surface area contributed by atoms with Crippen LogP contribution in [-0.4, -0.2) is 98.3 Å². The third kappa shape index (κ3) is 5.64. The molecule has 6 atom stereocenters. The number of aliphatic hydroxyl groups is 5. The Morgan fingerprint density at radius 3 is 2.42 bits per heavy atom. The van der Waals surface area contributed by atoms with Gasteiger partial charge in [-0.2, -0.15) is 0 Å². The van der Waals surface area contributed by atoms with Crippen LogP contribution >= 0.6 is 0 Å². The molecule has 26 heavy (non-hydrogen) atoms. The average molecular weight is 379 g/mol. The van der Waals surface area contributed by atoms with Crippen molar-refractivity contribution in [1.29, 1.82) is 0 Å². The van der Waals surface area contributed by atoms with Crippen LogP contribution in [-0.2, 0) is 23.9 Å². The second-order valence-electron chi connectivity index (χ2n) is 5.52. The van der Waals surface area contributed by atoms with Crippen molar-refractivity contribution in [2.45, 2.75) is 43.5 Å². The van der Waals surface area contributed by atoms with Gasteiger partial charge in [0.15, 0.2) is 6.10 Å². The number of carbonyl (C=O) groups excluding carboxylic acids is 2. The molecule has 1 heterocycles. The highest BCUT2D eigenvalue weighted by Gasteiger charge is 2.43. The van der Waals surface area contributed by atoms with Gasteiger partial charge in [-0.15, -0.1) is 0 Å². The number of carbonyl (C=O) groups is 3. The predicted molar refractivity (Wildman–Crippen MR) is 80.3 cm³/mol. The second-order valence-corrected chi connectivity index (χ2v) is 5.52. The van der Waals surface area contributed by atoms with Crippen LogP contribution in [0.2, 0.25) is 0 Å². The van der Waals surface area contributed by atoms with E-state index in [-0.39, 0.29) is 0 Å². The number of carboxylic acids is 1. The minimum Gasteiger partial charge on any atom is -0.478 e. The van der Waals surface area contributed by atoms with Crippen molar-refractivity contribution >= 4 is 17.8 Å². The number of esters is 1. The van der Waals surface area contributed by atoms with Crippen molar-refractivity contribution in [3.05, 3.63) is 11.8 Å². The summed E-state index contributed by atoms with van der Waals surface area (Å²) in [6.45, 7) is -0.597. The molecule has 12 heteroatoms. The monoisotopic (exact) mass is 379 g/mol. The van der Waals surface area contributed by atoms with Gasteiger partial charge in [-0.1, -0.05) is 0 Å². The number of rotatable bonds is 8. The van der Waals surface area contributed by atoms with E-state index in [0.717, 1.165) is 13.0 Å². The summed E-state index contributed by atoms with van der Waals surface area (Å²) in [6.07, 6.45) is -7.65. The van der Waals surface area contributed by atoms with Gasteiger partial charge < -0.3 is 45.4 Å². The Kier molecular flexibility index (Phi) is 7.92. The zero-order valence-corrected chi connectivity index (χ0v) is 13.7. The van der Waals surface area contributed by atoms with E-state index in [2.05, 4.69) is 10.1 Å². The zero-order valence-electron chi connectivity index (χ0n) is 13.7. The molecule has 1 rings (SSSR count). The minimum atomic E-state index is -1.90. The fraction of sp³-hybridized carbons (Fsp3) is 0.643. The number of nitrogens with one attached hydrogen (secondary N) is 1. The van der Waals surface area contributed by atoms with E-state index in [9.17, 15) is 29.7 Å². The Hall–Kier alpha value is -2.25. The Morgan fingerprint density at radius 2 is 1.92 bits per heavy atom. The summed E-state index contributed by atoms with van der Waals surface area (Å²) in [5, 5.41) is 59.0. The lowest BCUT2D eigenvalue weighted by atomic mass is 9.93. The van der Waals surface area contributed by atoms with Gasteiger partial charge in [0.1, 0.15) is 37.6 Å². The number of carboxylic acid groups (broad SMARTS) is 1. The molecule has 0 aromatic heterocycles. The standard InChI is InChI=1S/C14H21NO11/c1-5(17)14(24)25-4-7(19)11(21)12-10(15-9(20)3-16)6(18)2-8(26-12)13(22)23/h2,5-7,10-12,16-19,21H,3-4H2,1H3,(H,15,20)(H,22,23)/t5-,6-,7+,10+,11+,12+/m0/s1. The molecular weight excluding hydrogens is 358 g/mol. The number of hydrogen-bond acceptors (Lipinski definition) is 10. The van der Waals surface area contributed by atoms with E-state index >= 15 is 0 Å². The molecule has 0 unspecified atom stereocenters. The fourth-order valence-electron chi connectivity index (χ4n) is 2.12. The molecule has 0 radical (unpaired) electrons. The van der Waals surface area contributed by atoms with E-state index in [0.29, 0.717) is 0 Å². The highest BCUT2D eigenvalue weighted by Crippen LogP contribution is 2.23. The van der Waals surface area contributed by atoms with E-state index < -0.39 is 73.4 Å². The van der Waals surface area contributed by atoms with Gasteiger partial charge in [0.05, 0.1) is 6.04 Å².